The molecule has 3 N–H and O–H groups in total. The van der Waals surface area contributed by atoms with Crippen molar-refractivity contribution in [3.8, 4) is 5.75 Å². The van der Waals surface area contributed by atoms with Gasteiger partial charge in [0.25, 0.3) is 5.91 Å². The highest BCUT2D eigenvalue weighted by Gasteiger charge is 2.11. The molecule has 4 aromatic rings. The van der Waals surface area contributed by atoms with Crippen molar-refractivity contribution in [2.75, 3.05) is 11.9 Å². The first-order valence-corrected chi connectivity index (χ1v) is 9.91. The number of anilines is 1. The van der Waals surface area contributed by atoms with Crippen LogP contribution in [0, 0.1) is 0 Å². The molecule has 0 aliphatic heterocycles. The van der Waals surface area contributed by atoms with Crippen LogP contribution in [0.3, 0.4) is 0 Å². The SMILES string of the molecule is NS(=O)(=O)c1cccc(NC(=O)COc2ccc3oc4ccccc4c3c2)c1. The molecular weight excluding hydrogens is 380 g/mol. The number of furan rings is 1. The highest BCUT2D eigenvalue weighted by atomic mass is 32.2. The number of ether oxygens (including phenoxy) is 1. The summed E-state index contributed by atoms with van der Waals surface area (Å²) in [7, 11) is -3.84. The predicted octanol–water partition coefficient (Wildman–Crippen LogP) is 3.25. The molecule has 0 fully saturated rings. The molecule has 8 heteroatoms. The number of carbonyl (C=O) groups excluding carboxylic acids is 1. The normalized spacial score (nSPS) is 11.6. The largest absolute Gasteiger partial charge is 0.484 e. The van der Waals surface area contributed by atoms with Gasteiger partial charge in [-0.3, -0.25) is 4.79 Å². The maximum Gasteiger partial charge on any atom is 0.262 e. The lowest BCUT2D eigenvalue weighted by Crippen LogP contribution is -2.20. The molecule has 0 atom stereocenters. The van der Waals surface area contributed by atoms with Crippen molar-refractivity contribution in [3.63, 3.8) is 0 Å². The Kier molecular flexibility index (Phi) is 4.50. The molecule has 0 unspecified atom stereocenters. The van der Waals surface area contributed by atoms with Crippen LogP contribution in [-0.4, -0.2) is 20.9 Å². The average Bonchev–Trinajstić information content (AvgIpc) is 3.04. The molecule has 4 rings (SSSR count). The number of amides is 1. The number of sulfonamides is 1. The Balaban J connectivity index is 1.47. The lowest BCUT2D eigenvalue weighted by molar-refractivity contribution is -0.118. The van der Waals surface area contributed by atoms with E-state index < -0.39 is 15.9 Å². The van der Waals surface area contributed by atoms with Crippen molar-refractivity contribution in [2.45, 2.75) is 4.90 Å². The monoisotopic (exact) mass is 396 g/mol. The standard InChI is InChI=1S/C20H16N2O5S/c21-28(24,25)15-5-3-4-13(10-15)22-20(23)12-26-14-8-9-19-17(11-14)16-6-1-2-7-18(16)27-19/h1-11H,12H2,(H,22,23)(H2,21,24,25). The molecule has 0 saturated carbocycles. The lowest BCUT2D eigenvalue weighted by atomic mass is 10.1. The van der Waals surface area contributed by atoms with Crippen LogP contribution in [0.2, 0.25) is 0 Å². The summed E-state index contributed by atoms with van der Waals surface area (Å²) in [5, 5.41) is 9.54. The number of primary sulfonamides is 1. The molecule has 7 nitrogen and oxygen atoms in total. The minimum Gasteiger partial charge on any atom is -0.484 e. The van der Waals surface area contributed by atoms with Crippen molar-refractivity contribution >= 4 is 43.6 Å². The number of benzene rings is 3. The van der Waals surface area contributed by atoms with Gasteiger partial charge in [0.05, 0.1) is 4.90 Å². The molecular formula is C20H16N2O5S. The Morgan fingerprint density at radius 2 is 1.75 bits per heavy atom. The van der Waals surface area contributed by atoms with Crippen molar-refractivity contribution in [2.24, 2.45) is 5.14 Å². The lowest BCUT2D eigenvalue weighted by Gasteiger charge is -2.08. The van der Waals surface area contributed by atoms with Crippen molar-refractivity contribution < 1.29 is 22.4 Å². The maximum absolute atomic E-state index is 12.1. The van der Waals surface area contributed by atoms with Crippen LogP contribution in [0.1, 0.15) is 0 Å². The molecule has 142 valence electrons. The number of rotatable bonds is 5. The number of nitrogens with one attached hydrogen (secondary N) is 1. The molecule has 28 heavy (non-hydrogen) atoms. The summed E-state index contributed by atoms with van der Waals surface area (Å²) in [6, 6.07) is 18.7. The minimum atomic E-state index is -3.84. The first-order valence-electron chi connectivity index (χ1n) is 8.37. The molecule has 1 amide bonds. The molecule has 1 heterocycles. The Labute approximate surface area is 160 Å². The van der Waals surface area contributed by atoms with Gasteiger partial charge in [0.15, 0.2) is 6.61 Å². The minimum absolute atomic E-state index is 0.0801. The van der Waals surface area contributed by atoms with Crippen molar-refractivity contribution in [1.82, 2.24) is 0 Å². The zero-order valence-electron chi connectivity index (χ0n) is 14.6. The fourth-order valence-corrected chi connectivity index (χ4v) is 3.45. The summed E-state index contributed by atoms with van der Waals surface area (Å²) in [6.45, 7) is -0.235. The van der Waals surface area contributed by atoms with Gasteiger partial charge in [-0.1, -0.05) is 24.3 Å². The van der Waals surface area contributed by atoms with Gasteiger partial charge in [-0.25, -0.2) is 13.6 Å². The molecule has 0 bridgehead atoms. The fraction of sp³-hybridized carbons (Fsp3) is 0.0500. The zero-order valence-corrected chi connectivity index (χ0v) is 15.4. The number of carbonyl (C=O) groups is 1. The van der Waals surface area contributed by atoms with Crippen LogP contribution in [0.15, 0.2) is 76.0 Å². The van der Waals surface area contributed by atoms with Gasteiger partial charge < -0.3 is 14.5 Å². The number of para-hydroxylation sites is 1. The Morgan fingerprint density at radius 3 is 2.57 bits per heavy atom. The second-order valence-corrected chi connectivity index (χ2v) is 7.73. The first kappa shape index (κ1) is 18.0. The third kappa shape index (κ3) is 3.68. The van der Waals surface area contributed by atoms with Gasteiger partial charge in [0.2, 0.25) is 10.0 Å². The summed E-state index contributed by atoms with van der Waals surface area (Å²) >= 11 is 0. The van der Waals surface area contributed by atoms with Gasteiger partial charge in [0, 0.05) is 16.5 Å². The number of fused-ring (bicyclic) bond motifs is 3. The van der Waals surface area contributed by atoms with Crippen LogP contribution in [0.5, 0.6) is 5.75 Å². The van der Waals surface area contributed by atoms with E-state index in [9.17, 15) is 13.2 Å². The van der Waals surface area contributed by atoms with E-state index in [1.807, 2.05) is 30.3 Å². The highest BCUT2D eigenvalue weighted by Crippen LogP contribution is 2.31. The van der Waals surface area contributed by atoms with Gasteiger partial charge in [-0.2, -0.15) is 0 Å². The van der Waals surface area contributed by atoms with E-state index in [0.29, 0.717) is 11.4 Å². The third-order valence-electron chi connectivity index (χ3n) is 4.16. The Hall–Kier alpha value is -3.36. The van der Waals surface area contributed by atoms with Crippen LogP contribution >= 0.6 is 0 Å². The van der Waals surface area contributed by atoms with Crippen molar-refractivity contribution in [3.05, 3.63) is 66.7 Å². The van der Waals surface area contributed by atoms with Gasteiger partial charge in [-0.15, -0.1) is 0 Å². The molecule has 1 aromatic heterocycles. The summed E-state index contributed by atoms with van der Waals surface area (Å²) in [4.78, 5) is 12.1. The topological polar surface area (TPSA) is 112 Å². The van der Waals surface area contributed by atoms with Gasteiger partial charge in [0.1, 0.15) is 16.9 Å². The van der Waals surface area contributed by atoms with E-state index in [0.717, 1.165) is 21.9 Å². The summed E-state index contributed by atoms with van der Waals surface area (Å²) in [6.07, 6.45) is 0. The van der Waals surface area contributed by atoms with E-state index in [1.165, 1.54) is 18.2 Å². The number of nitrogens with two attached hydrogens (primary N) is 1. The second kappa shape index (κ2) is 6.99. The average molecular weight is 396 g/mol. The van der Waals surface area contributed by atoms with Crippen LogP contribution in [0.4, 0.5) is 5.69 Å². The van der Waals surface area contributed by atoms with Crippen LogP contribution in [-0.2, 0) is 14.8 Å². The summed E-state index contributed by atoms with van der Waals surface area (Å²) in [5.74, 6) is 0.0937. The molecule has 0 aliphatic rings. The van der Waals surface area contributed by atoms with E-state index in [1.54, 1.807) is 18.2 Å². The quantitative estimate of drug-likeness (QED) is 0.538. The second-order valence-electron chi connectivity index (χ2n) is 6.17. The van der Waals surface area contributed by atoms with E-state index in [-0.39, 0.29) is 11.5 Å². The molecule has 3 aromatic carbocycles. The molecule has 0 saturated heterocycles. The number of hydrogen-bond acceptors (Lipinski definition) is 5. The Morgan fingerprint density at radius 1 is 0.964 bits per heavy atom. The third-order valence-corrected chi connectivity index (χ3v) is 5.08. The summed E-state index contributed by atoms with van der Waals surface area (Å²) in [5.41, 5.74) is 1.83. The highest BCUT2D eigenvalue weighted by molar-refractivity contribution is 7.89. The first-order chi connectivity index (χ1) is 13.4. The van der Waals surface area contributed by atoms with Crippen LogP contribution < -0.4 is 15.2 Å². The zero-order chi connectivity index (χ0) is 19.7. The Bertz CT molecular complexity index is 1290. The van der Waals surface area contributed by atoms with Crippen molar-refractivity contribution in [1.29, 1.82) is 0 Å². The molecule has 0 aliphatic carbocycles. The van der Waals surface area contributed by atoms with Gasteiger partial charge in [-0.05, 0) is 42.5 Å². The smallest absolute Gasteiger partial charge is 0.262 e. The van der Waals surface area contributed by atoms with E-state index in [2.05, 4.69) is 5.32 Å². The predicted molar refractivity (Wildman–Crippen MR) is 106 cm³/mol. The number of hydrogen-bond donors (Lipinski definition) is 2. The fourth-order valence-electron chi connectivity index (χ4n) is 2.89. The van der Waals surface area contributed by atoms with E-state index in [4.69, 9.17) is 14.3 Å². The van der Waals surface area contributed by atoms with E-state index >= 15 is 0 Å². The summed E-state index contributed by atoms with van der Waals surface area (Å²) < 4.78 is 34.1. The maximum atomic E-state index is 12.1. The van der Waals surface area contributed by atoms with Gasteiger partial charge >= 0.3 is 0 Å². The van der Waals surface area contributed by atoms with Crippen LogP contribution in [0.25, 0.3) is 21.9 Å². The molecule has 0 radical (unpaired) electrons. The molecule has 0 spiro atoms.